The lowest BCUT2D eigenvalue weighted by atomic mass is 10.2. The zero-order chi connectivity index (χ0) is 13.0. The number of anilines is 3. The van der Waals surface area contributed by atoms with E-state index in [1.807, 2.05) is 24.3 Å². The molecule has 0 spiro atoms. The topological polar surface area (TPSA) is 71.1 Å². The van der Waals surface area contributed by atoms with Crippen LogP contribution in [0, 0.1) is 11.3 Å². The number of hydrogen-bond donors (Lipinski definition) is 2. The number of methoxy groups -OCH3 is 1. The number of nitrogen functional groups attached to an aromatic ring is 1. The fraction of sp³-hybridized carbons (Fsp3) is 0.0714. The predicted molar refractivity (Wildman–Crippen MR) is 71.8 cm³/mol. The smallest absolute Gasteiger partial charge is 0.122 e. The summed E-state index contributed by atoms with van der Waals surface area (Å²) in [6.45, 7) is 0. The summed E-state index contributed by atoms with van der Waals surface area (Å²) in [6, 6.07) is 14.8. The highest BCUT2D eigenvalue weighted by molar-refractivity contribution is 5.70. The first-order valence-corrected chi connectivity index (χ1v) is 5.43. The van der Waals surface area contributed by atoms with Crippen molar-refractivity contribution in [1.82, 2.24) is 0 Å². The molecule has 0 heterocycles. The number of nitrogens with zero attached hydrogens (tertiary/aromatic N) is 1. The zero-order valence-electron chi connectivity index (χ0n) is 9.97. The van der Waals surface area contributed by atoms with Crippen molar-refractivity contribution in [3.63, 3.8) is 0 Å². The minimum absolute atomic E-state index is 0.582. The monoisotopic (exact) mass is 239 g/mol. The third-order valence-corrected chi connectivity index (χ3v) is 2.49. The van der Waals surface area contributed by atoms with Crippen molar-refractivity contribution < 1.29 is 4.74 Å². The number of hydrogen-bond acceptors (Lipinski definition) is 4. The van der Waals surface area contributed by atoms with Crippen molar-refractivity contribution in [3.05, 3.63) is 48.0 Å². The summed E-state index contributed by atoms with van der Waals surface area (Å²) in [6.07, 6.45) is 0. The Kier molecular flexibility index (Phi) is 3.35. The quantitative estimate of drug-likeness (QED) is 0.808. The molecule has 4 nitrogen and oxygen atoms in total. The number of benzene rings is 2. The van der Waals surface area contributed by atoms with Crippen LogP contribution in [-0.4, -0.2) is 7.11 Å². The van der Waals surface area contributed by atoms with Gasteiger partial charge in [0.05, 0.1) is 18.4 Å². The molecular weight excluding hydrogens is 226 g/mol. The number of nitrogens with two attached hydrogens (primary N) is 1. The Balaban J connectivity index is 2.34. The summed E-state index contributed by atoms with van der Waals surface area (Å²) in [4.78, 5) is 0. The molecule has 0 aliphatic rings. The van der Waals surface area contributed by atoms with E-state index >= 15 is 0 Å². The highest BCUT2D eigenvalue weighted by Crippen LogP contribution is 2.26. The summed E-state index contributed by atoms with van der Waals surface area (Å²) < 4.78 is 5.14. The van der Waals surface area contributed by atoms with Gasteiger partial charge in [-0.2, -0.15) is 5.26 Å². The van der Waals surface area contributed by atoms with E-state index in [0.717, 1.165) is 11.4 Å². The lowest BCUT2D eigenvalue weighted by Crippen LogP contribution is -1.96. The molecule has 0 fully saturated rings. The van der Waals surface area contributed by atoms with Crippen molar-refractivity contribution in [2.75, 3.05) is 18.2 Å². The summed E-state index contributed by atoms with van der Waals surface area (Å²) in [5, 5.41) is 12.2. The Morgan fingerprint density at radius 1 is 1.22 bits per heavy atom. The van der Waals surface area contributed by atoms with E-state index in [1.165, 1.54) is 0 Å². The van der Waals surface area contributed by atoms with Gasteiger partial charge in [0.1, 0.15) is 11.8 Å². The molecular formula is C14H13N3O. The first kappa shape index (κ1) is 11.8. The Hall–Kier alpha value is -2.67. The summed E-state index contributed by atoms with van der Waals surface area (Å²) in [5.74, 6) is 0.673. The molecule has 0 amide bonds. The molecule has 90 valence electrons. The second-order valence-corrected chi connectivity index (χ2v) is 3.78. The molecule has 0 saturated heterocycles. The van der Waals surface area contributed by atoms with E-state index in [4.69, 9.17) is 15.7 Å². The first-order valence-electron chi connectivity index (χ1n) is 5.43. The standard InChI is InChI=1S/C14H13N3O/c1-18-13-7-11(16)6-12(8-13)17-14-5-3-2-4-10(14)9-15/h2-8,17H,16H2,1H3. The second kappa shape index (κ2) is 5.11. The number of nitrogens with one attached hydrogen (secondary N) is 1. The van der Waals surface area contributed by atoms with Crippen molar-refractivity contribution in [2.45, 2.75) is 0 Å². The van der Waals surface area contributed by atoms with Crippen LogP contribution < -0.4 is 15.8 Å². The largest absolute Gasteiger partial charge is 0.497 e. The highest BCUT2D eigenvalue weighted by atomic mass is 16.5. The van der Waals surface area contributed by atoms with Crippen LogP contribution in [0.3, 0.4) is 0 Å². The second-order valence-electron chi connectivity index (χ2n) is 3.78. The van der Waals surface area contributed by atoms with Gasteiger partial charge in [-0.25, -0.2) is 0 Å². The lowest BCUT2D eigenvalue weighted by molar-refractivity contribution is 0.415. The molecule has 0 aliphatic heterocycles. The molecule has 0 aromatic heterocycles. The molecule has 18 heavy (non-hydrogen) atoms. The Morgan fingerprint density at radius 2 is 2.00 bits per heavy atom. The Morgan fingerprint density at radius 3 is 2.72 bits per heavy atom. The van der Waals surface area contributed by atoms with Crippen molar-refractivity contribution in [3.8, 4) is 11.8 Å². The number of rotatable bonds is 3. The van der Waals surface area contributed by atoms with E-state index in [1.54, 1.807) is 25.3 Å². The van der Waals surface area contributed by atoms with Crippen molar-refractivity contribution in [2.24, 2.45) is 0 Å². The van der Waals surface area contributed by atoms with E-state index in [9.17, 15) is 0 Å². The SMILES string of the molecule is COc1cc(N)cc(Nc2ccccc2C#N)c1. The maximum atomic E-state index is 9.01. The van der Waals surface area contributed by atoms with Gasteiger partial charge in [0, 0.05) is 23.5 Å². The van der Waals surface area contributed by atoms with Crippen LogP contribution in [0.5, 0.6) is 5.75 Å². The summed E-state index contributed by atoms with van der Waals surface area (Å²) >= 11 is 0. The average molecular weight is 239 g/mol. The molecule has 3 N–H and O–H groups in total. The van der Waals surface area contributed by atoms with Gasteiger partial charge in [0.25, 0.3) is 0 Å². The van der Waals surface area contributed by atoms with Crippen LogP contribution in [0.15, 0.2) is 42.5 Å². The van der Waals surface area contributed by atoms with Gasteiger partial charge in [-0.05, 0) is 18.2 Å². The van der Waals surface area contributed by atoms with Crippen LogP contribution in [0.4, 0.5) is 17.1 Å². The minimum atomic E-state index is 0.582. The third kappa shape index (κ3) is 2.53. The fourth-order valence-electron chi connectivity index (χ4n) is 1.66. The molecule has 0 saturated carbocycles. The molecule has 0 aliphatic carbocycles. The third-order valence-electron chi connectivity index (χ3n) is 2.49. The van der Waals surface area contributed by atoms with Gasteiger partial charge in [-0.3, -0.25) is 0 Å². The predicted octanol–water partition coefficient (Wildman–Crippen LogP) is 2.89. The molecule has 0 unspecified atom stereocenters. The molecule has 0 atom stereocenters. The molecule has 2 aromatic rings. The van der Waals surface area contributed by atoms with Gasteiger partial charge in [-0.1, -0.05) is 12.1 Å². The fourth-order valence-corrected chi connectivity index (χ4v) is 1.66. The van der Waals surface area contributed by atoms with Crippen molar-refractivity contribution in [1.29, 1.82) is 5.26 Å². The average Bonchev–Trinajstić information content (AvgIpc) is 2.38. The molecule has 2 aromatic carbocycles. The first-order chi connectivity index (χ1) is 8.72. The van der Waals surface area contributed by atoms with E-state index in [-0.39, 0.29) is 0 Å². The van der Waals surface area contributed by atoms with Crippen LogP contribution in [0.1, 0.15) is 5.56 Å². The Labute approximate surface area is 106 Å². The van der Waals surface area contributed by atoms with E-state index < -0.39 is 0 Å². The van der Waals surface area contributed by atoms with Gasteiger partial charge >= 0.3 is 0 Å². The molecule has 4 heteroatoms. The lowest BCUT2D eigenvalue weighted by Gasteiger charge is -2.10. The van der Waals surface area contributed by atoms with Gasteiger partial charge in [0.2, 0.25) is 0 Å². The van der Waals surface area contributed by atoms with Crippen molar-refractivity contribution >= 4 is 17.1 Å². The molecule has 0 bridgehead atoms. The van der Waals surface area contributed by atoms with Crippen LogP contribution in [0.25, 0.3) is 0 Å². The van der Waals surface area contributed by atoms with Gasteiger partial charge in [-0.15, -0.1) is 0 Å². The summed E-state index contributed by atoms with van der Waals surface area (Å²) in [7, 11) is 1.59. The highest BCUT2D eigenvalue weighted by Gasteiger charge is 2.03. The van der Waals surface area contributed by atoms with E-state index in [0.29, 0.717) is 17.0 Å². The van der Waals surface area contributed by atoms with E-state index in [2.05, 4.69) is 11.4 Å². The maximum Gasteiger partial charge on any atom is 0.122 e. The molecule has 0 radical (unpaired) electrons. The van der Waals surface area contributed by atoms with Crippen LogP contribution >= 0.6 is 0 Å². The van der Waals surface area contributed by atoms with Crippen LogP contribution in [-0.2, 0) is 0 Å². The van der Waals surface area contributed by atoms with Gasteiger partial charge < -0.3 is 15.8 Å². The molecule has 2 rings (SSSR count). The number of nitriles is 1. The summed E-state index contributed by atoms with van der Waals surface area (Å²) in [5.41, 5.74) is 8.49. The number of para-hydroxylation sites is 1. The van der Waals surface area contributed by atoms with Crippen LogP contribution in [0.2, 0.25) is 0 Å². The maximum absolute atomic E-state index is 9.01. The Bertz CT molecular complexity index is 602. The number of ether oxygens (including phenoxy) is 1. The zero-order valence-corrected chi connectivity index (χ0v) is 9.97. The van der Waals surface area contributed by atoms with Gasteiger partial charge in [0.15, 0.2) is 0 Å². The minimum Gasteiger partial charge on any atom is -0.497 e. The normalized spacial score (nSPS) is 9.56.